The third-order valence-electron chi connectivity index (χ3n) is 18.4. The van der Waals surface area contributed by atoms with Gasteiger partial charge in [-0.3, -0.25) is 32.5 Å². The van der Waals surface area contributed by atoms with E-state index >= 15 is 0 Å². The molecule has 0 saturated carbocycles. The monoisotopic (exact) mass is 1550 g/mol. The fourth-order valence-electron chi connectivity index (χ4n) is 11.8. The second-order valence-corrected chi connectivity index (χ2v) is 31.9. The van der Waals surface area contributed by atoms with Crippen LogP contribution in [0.2, 0.25) is 0 Å². The predicted molar refractivity (Wildman–Crippen MR) is 445 cm³/mol. The Morgan fingerprint density at radius 3 is 0.766 bits per heavy atom. The normalized spacial score (nSPS) is 14.4. The maximum Gasteiger partial charge on any atom is 0.472 e. The molecule has 0 radical (unpaired) electrons. The molecule has 5 atom stereocenters. The molecule has 0 aromatic carbocycles. The van der Waals surface area contributed by atoms with E-state index in [-0.39, 0.29) is 19.3 Å². The molecule has 0 aliphatic carbocycles. The number of phosphoric ester groups is 2. The number of allylic oxidation sites excluding steroid dienone is 18. The molecule has 0 aliphatic heterocycles. The highest BCUT2D eigenvalue weighted by Crippen LogP contribution is 2.45. The molecule has 0 bridgehead atoms. The third kappa shape index (κ3) is 83.0. The van der Waals surface area contributed by atoms with Crippen molar-refractivity contribution in [2.45, 2.75) is 399 Å². The highest BCUT2D eigenvalue weighted by molar-refractivity contribution is 7.47. The van der Waals surface area contributed by atoms with Crippen LogP contribution in [-0.2, 0) is 55.8 Å². The summed E-state index contributed by atoms with van der Waals surface area (Å²) in [5.41, 5.74) is 0. The number of hydrogen-bond acceptors (Lipinski definition) is 14. The zero-order valence-electron chi connectivity index (χ0n) is 68.0. The van der Waals surface area contributed by atoms with Gasteiger partial charge in [0, 0.05) is 19.3 Å². The average Bonchev–Trinajstić information content (AvgIpc) is 0.908. The van der Waals surface area contributed by atoms with Gasteiger partial charge in [0.1, 0.15) is 25.4 Å². The van der Waals surface area contributed by atoms with Gasteiger partial charge in [0.25, 0.3) is 0 Å². The van der Waals surface area contributed by atoms with Crippen molar-refractivity contribution in [3.63, 3.8) is 0 Å². The second kappa shape index (κ2) is 81.7. The molecule has 0 spiro atoms. The van der Waals surface area contributed by atoms with Crippen molar-refractivity contribution in [1.29, 1.82) is 0 Å². The zero-order valence-corrected chi connectivity index (χ0v) is 69.8. The van der Waals surface area contributed by atoms with Crippen LogP contribution in [0.25, 0.3) is 0 Å². The molecule has 18 heteroatoms. The molecule has 107 heavy (non-hydrogen) atoms. The summed E-state index contributed by atoms with van der Waals surface area (Å²) in [6.07, 6.45) is 97.2. The van der Waals surface area contributed by atoms with Crippen molar-refractivity contribution in [2.24, 2.45) is 0 Å². The maximum atomic E-state index is 13.0. The van der Waals surface area contributed by atoms with Crippen LogP contribution < -0.4 is 0 Å². The van der Waals surface area contributed by atoms with Gasteiger partial charge in [0.05, 0.1) is 26.4 Å². The minimum atomic E-state index is -4.93. The molecule has 620 valence electrons. The molecule has 0 saturated heterocycles. The van der Waals surface area contributed by atoms with E-state index in [4.69, 9.17) is 32.3 Å². The van der Waals surface area contributed by atoms with E-state index in [0.29, 0.717) is 19.3 Å². The van der Waals surface area contributed by atoms with Gasteiger partial charge in [0.15, 0.2) is 6.10 Å². The number of phosphoric acid groups is 2. The number of carbonyl (C=O) groups excluding carboxylic acids is 3. The summed E-state index contributed by atoms with van der Waals surface area (Å²) >= 11 is 0. The van der Waals surface area contributed by atoms with Crippen molar-refractivity contribution in [1.82, 2.24) is 0 Å². The smallest absolute Gasteiger partial charge is 0.463 e. The Morgan fingerprint density at radius 2 is 0.467 bits per heavy atom. The Bertz CT molecular complexity index is 2380. The number of esters is 3. The van der Waals surface area contributed by atoms with Crippen LogP contribution in [0.3, 0.4) is 0 Å². The minimum absolute atomic E-state index is 0.0935. The maximum absolute atomic E-state index is 13.0. The van der Waals surface area contributed by atoms with Gasteiger partial charge >= 0.3 is 33.6 Å². The van der Waals surface area contributed by atoms with Crippen LogP contribution in [0.15, 0.2) is 109 Å². The van der Waals surface area contributed by atoms with E-state index in [1.807, 2.05) is 0 Å². The molecule has 0 aliphatic rings. The first kappa shape index (κ1) is 103. The predicted octanol–water partition coefficient (Wildman–Crippen LogP) is 25.9. The molecule has 4 N–H and O–H groups in total. The van der Waals surface area contributed by atoms with Crippen molar-refractivity contribution >= 4 is 33.6 Å². The van der Waals surface area contributed by atoms with Crippen LogP contribution in [0.5, 0.6) is 0 Å². The molecule has 0 aromatic heterocycles. The molecular formula is C89H158O16P2. The molecule has 0 aromatic rings. The molecule has 5 unspecified atom stereocenters. The van der Waals surface area contributed by atoms with Crippen molar-refractivity contribution < 1.29 is 75.8 Å². The van der Waals surface area contributed by atoms with Gasteiger partial charge in [-0.2, -0.15) is 0 Å². The van der Waals surface area contributed by atoms with Gasteiger partial charge in [-0.1, -0.05) is 336 Å². The summed E-state index contributed by atoms with van der Waals surface area (Å²) in [5, 5.41) is 20.7. The number of aliphatic hydroxyl groups excluding tert-OH is 2. The van der Waals surface area contributed by atoms with E-state index in [1.54, 1.807) is 0 Å². The molecule has 0 amide bonds. The third-order valence-corrected chi connectivity index (χ3v) is 20.3. The molecule has 16 nitrogen and oxygen atoms in total. The first-order chi connectivity index (χ1) is 52.2. The first-order valence-corrected chi connectivity index (χ1v) is 46.2. The highest BCUT2D eigenvalue weighted by Gasteiger charge is 2.29. The fraction of sp³-hybridized carbons (Fsp3) is 0.764. The molecule has 0 heterocycles. The number of aliphatic hydroxyl groups is 2. The number of ether oxygens (including phenoxy) is 3. The summed E-state index contributed by atoms with van der Waals surface area (Å²) < 4.78 is 61.2. The lowest BCUT2D eigenvalue weighted by molar-refractivity contribution is -0.161. The summed E-state index contributed by atoms with van der Waals surface area (Å²) in [7, 11) is -9.79. The van der Waals surface area contributed by atoms with E-state index < -0.39 is 91.5 Å². The van der Waals surface area contributed by atoms with Gasteiger partial charge in [0.2, 0.25) is 0 Å². The van der Waals surface area contributed by atoms with E-state index in [9.17, 15) is 43.5 Å². The lowest BCUT2D eigenvalue weighted by atomic mass is 10.0. The Balaban J connectivity index is 4.41. The van der Waals surface area contributed by atoms with Crippen LogP contribution in [0.4, 0.5) is 0 Å². The standard InChI is InChI=1S/C89H158O16P2/c1-4-7-10-13-16-19-22-25-27-29-31-33-35-37-38-39-40-41-42-43-44-46-48-49-51-53-55-58-60-63-66-69-72-75-87(92)99-78-84(90)79-101-106(95,96)102-80-85(91)81-103-107(97,98)104-83-86(105-89(94)77-74-71-68-65-62-57-24-21-18-15-12-9-6-3)82-100-88(93)76-73-70-67-64-61-59-56-54-52-50-47-45-36-34-32-30-28-26-23-20-17-14-11-8-5-2/h16-17,19-21,24-28,31-34,37-38,45,47,84-86,90-91H,4-15,18,22-23,29-30,35-36,39-44,46,48-83H2,1-3H3,(H,95,96)(H,97,98)/b19-16-,20-17-,24-21-,27-25-,28-26-,33-31-,34-32-,38-37-,47-45-. The summed E-state index contributed by atoms with van der Waals surface area (Å²) in [5.74, 6) is -1.58. The highest BCUT2D eigenvalue weighted by atomic mass is 31.2. The Hall–Kier alpha value is -3.79. The van der Waals surface area contributed by atoms with Crippen LogP contribution in [0, 0.1) is 0 Å². The largest absolute Gasteiger partial charge is 0.472 e. The number of carbonyl (C=O) groups is 3. The number of unbranched alkanes of at least 4 members (excludes halogenated alkanes) is 41. The van der Waals surface area contributed by atoms with Crippen molar-refractivity contribution in [2.75, 3.05) is 39.6 Å². The Labute approximate surface area is 653 Å². The van der Waals surface area contributed by atoms with Crippen molar-refractivity contribution in [3.05, 3.63) is 109 Å². The summed E-state index contributed by atoms with van der Waals surface area (Å²) in [6, 6.07) is 0. The lowest BCUT2D eigenvalue weighted by Gasteiger charge is -2.21. The quantitative estimate of drug-likeness (QED) is 0.0146. The van der Waals surface area contributed by atoms with Gasteiger partial charge in [-0.05, 0) is 135 Å². The average molecular weight is 1550 g/mol. The van der Waals surface area contributed by atoms with Crippen LogP contribution >= 0.6 is 15.6 Å². The molecule has 0 rings (SSSR count). The van der Waals surface area contributed by atoms with Gasteiger partial charge < -0.3 is 34.2 Å². The first-order valence-electron chi connectivity index (χ1n) is 43.2. The van der Waals surface area contributed by atoms with Gasteiger partial charge in [-0.25, -0.2) is 9.13 Å². The van der Waals surface area contributed by atoms with Crippen LogP contribution in [-0.4, -0.2) is 95.9 Å². The van der Waals surface area contributed by atoms with E-state index in [0.717, 1.165) is 128 Å². The van der Waals surface area contributed by atoms with E-state index in [2.05, 4.69) is 130 Å². The Kier molecular flexibility index (Phi) is 78.8. The second-order valence-electron chi connectivity index (χ2n) is 29.0. The topological polar surface area (TPSA) is 231 Å². The number of rotatable bonds is 82. The molecule has 0 fully saturated rings. The van der Waals surface area contributed by atoms with Crippen LogP contribution in [0.1, 0.15) is 380 Å². The van der Waals surface area contributed by atoms with E-state index in [1.165, 1.54) is 193 Å². The SMILES string of the molecule is CCCCC/C=C\C/C=C\C/C=C\C/C=C\CCCCCCCCCCCCCCCCCCCC(=O)OCC(O)COP(=O)(O)OCC(O)COP(=O)(O)OCC(COC(=O)CCCCCCCCCCC/C=C\C/C=C\C/C=C\C/C=C\CCCCC)OC(=O)CCCCCCC/C=C\CCCCCC. The minimum Gasteiger partial charge on any atom is -0.463 e. The lowest BCUT2D eigenvalue weighted by Crippen LogP contribution is -2.30. The Morgan fingerprint density at radius 1 is 0.262 bits per heavy atom. The summed E-state index contributed by atoms with van der Waals surface area (Å²) in [4.78, 5) is 58.7. The van der Waals surface area contributed by atoms with Gasteiger partial charge in [-0.15, -0.1) is 0 Å². The zero-order chi connectivity index (χ0) is 78.0. The summed E-state index contributed by atoms with van der Waals surface area (Å²) in [6.45, 7) is 2.64. The molecular weight excluding hydrogens is 1390 g/mol. The van der Waals surface area contributed by atoms with Crippen molar-refractivity contribution in [3.8, 4) is 0 Å². The number of hydrogen-bond donors (Lipinski definition) is 4. The fourth-order valence-corrected chi connectivity index (χ4v) is 13.4.